The van der Waals surface area contributed by atoms with Gasteiger partial charge in [0.2, 0.25) is 0 Å². The number of rotatable bonds is 1. The Morgan fingerprint density at radius 2 is 1.94 bits per heavy atom. The number of ether oxygens (including phenoxy) is 1. The van der Waals surface area contributed by atoms with Crippen LogP contribution in [0.2, 0.25) is 0 Å². The van der Waals surface area contributed by atoms with Gasteiger partial charge in [-0.15, -0.1) is 0 Å². The van der Waals surface area contributed by atoms with E-state index in [1.165, 1.54) is 5.56 Å². The summed E-state index contributed by atoms with van der Waals surface area (Å²) in [5.41, 5.74) is 14.7. The minimum absolute atomic E-state index is 0.143. The fourth-order valence-corrected chi connectivity index (χ4v) is 4.61. The van der Waals surface area contributed by atoms with Gasteiger partial charge in [0.25, 0.3) is 0 Å². The molecule has 176 valence electrons. The van der Waals surface area contributed by atoms with E-state index in [-0.39, 0.29) is 11.6 Å². The molecular formula is C27H32N6O. The van der Waals surface area contributed by atoms with Crippen molar-refractivity contribution in [1.29, 1.82) is 0 Å². The summed E-state index contributed by atoms with van der Waals surface area (Å²) in [6.45, 7) is 13.5. The van der Waals surface area contributed by atoms with Crippen molar-refractivity contribution in [3.8, 4) is 28.3 Å². The highest BCUT2D eigenvalue weighted by Crippen LogP contribution is 2.39. The third-order valence-electron chi connectivity index (χ3n) is 6.43. The van der Waals surface area contributed by atoms with Gasteiger partial charge in [-0.05, 0) is 47.6 Å². The highest BCUT2D eigenvalue weighted by Gasteiger charge is 2.26. The maximum absolute atomic E-state index is 6.44. The van der Waals surface area contributed by atoms with E-state index in [1.807, 2.05) is 23.1 Å². The number of nitrogens with two attached hydrogens (primary N) is 1. The van der Waals surface area contributed by atoms with Crippen molar-refractivity contribution in [2.75, 3.05) is 5.73 Å². The molecule has 34 heavy (non-hydrogen) atoms. The van der Waals surface area contributed by atoms with Gasteiger partial charge in [0.1, 0.15) is 6.10 Å². The topological polar surface area (TPSA) is 83.8 Å². The van der Waals surface area contributed by atoms with E-state index >= 15 is 0 Å². The molecule has 3 aromatic heterocycles. The zero-order chi connectivity index (χ0) is 24.2. The maximum atomic E-state index is 6.44. The summed E-state index contributed by atoms with van der Waals surface area (Å²) < 4.78 is 10.5. The minimum Gasteiger partial charge on any atom is -0.482 e. The fourth-order valence-electron chi connectivity index (χ4n) is 4.61. The molecule has 2 bridgehead atoms. The molecule has 0 fully saturated rings. The summed E-state index contributed by atoms with van der Waals surface area (Å²) >= 11 is 0. The van der Waals surface area contributed by atoms with Crippen molar-refractivity contribution >= 4 is 5.82 Å². The van der Waals surface area contributed by atoms with Crippen molar-refractivity contribution in [2.24, 2.45) is 0 Å². The quantitative estimate of drug-likeness (QED) is 0.408. The Morgan fingerprint density at radius 3 is 2.68 bits per heavy atom. The van der Waals surface area contributed by atoms with Crippen LogP contribution >= 0.6 is 0 Å². The van der Waals surface area contributed by atoms with Crippen LogP contribution in [0.25, 0.3) is 22.5 Å². The Balaban J connectivity index is 1.82. The monoisotopic (exact) mass is 456 g/mol. The van der Waals surface area contributed by atoms with Crippen molar-refractivity contribution in [3.05, 3.63) is 65.1 Å². The summed E-state index contributed by atoms with van der Waals surface area (Å²) in [4.78, 5) is 4.47. The highest BCUT2D eigenvalue weighted by atomic mass is 16.5. The second kappa shape index (κ2) is 8.01. The van der Waals surface area contributed by atoms with Crippen LogP contribution in [0.4, 0.5) is 5.82 Å². The van der Waals surface area contributed by atoms with E-state index in [9.17, 15) is 0 Å². The summed E-state index contributed by atoms with van der Waals surface area (Å²) in [5, 5.41) is 9.77. The number of pyridine rings is 1. The average molecular weight is 457 g/mol. The molecule has 1 aromatic carbocycles. The lowest BCUT2D eigenvalue weighted by molar-refractivity contribution is 0.228. The van der Waals surface area contributed by atoms with Crippen molar-refractivity contribution in [1.82, 2.24) is 24.5 Å². The number of benzene rings is 1. The fraction of sp³-hybridized carbons (Fsp3) is 0.370. The molecule has 4 aromatic rings. The first-order valence-electron chi connectivity index (χ1n) is 11.8. The van der Waals surface area contributed by atoms with Gasteiger partial charge in [-0.25, -0.2) is 4.98 Å². The molecule has 5 rings (SSSR count). The highest BCUT2D eigenvalue weighted by molar-refractivity contribution is 5.72. The Hall–Kier alpha value is -3.61. The van der Waals surface area contributed by atoms with Crippen LogP contribution < -0.4 is 10.5 Å². The van der Waals surface area contributed by atoms with Crippen LogP contribution in [0.3, 0.4) is 0 Å². The number of hydrogen-bond donors (Lipinski definition) is 1. The molecule has 2 N–H and O–H groups in total. The largest absolute Gasteiger partial charge is 0.482 e. The lowest BCUT2D eigenvalue weighted by Gasteiger charge is -2.21. The first kappa shape index (κ1) is 22.2. The molecule has 0 radical (unpaired) electrons. The van der Waals surface area contributed by atoms with Gasteiger partial charge in [0.15, 0.2) is 11.6 Å². The van der Waals surface area contributed by atoms with E-state index in [1.54, 1.807) is 0 Å². The normalized spacial score (nSPS) is 15.4. The molecule has 7 nitrogen and oxygen atoms in total. The van der Waals surface area contributed by atoms with Crippen LogP contribution in [0.1, 0.15) is 63.0 Å². The molecule has 1 aliphatic rings. The molecular weight excluding hydrogens is 424 g/mol. The van der Waals surface area contributed by atoms with Gasteiger partial charge in [-0.1, -0.05) is 23.8 Å². The summed E-state index contributed by atoms with van der Waals surface area (Å²) in [6, 6.07) is 8.46. The Bertz CT molecular complexity index is 1370. The number of nitrogens with zero attached hydrogens (tertiary/aromatic N) is 5. The third kappa shape index (κ3) is 3.75. The number of aryl methyl sites for hydroxylation is 2. The van der Waals surface area contributed by atoms with E-state index in [0.717, 1.165) is 45.7 Å². The predicted molar refractivity (Wildman–Crippen MR) is 135 cm³/mol. The molecule has 1 atom stereocenters. The number of hydrogen-bond acceptors (Lipinski definition) is 5. The van der Waals surface area contributed by atoms with Crippen LogP contribution in [0.15, 0.2) is 42.9 Å². The van der Waals surface area contributed by atoms with E-state index < -0.39 is 0 Å². The summed E-state index contributed by atoms with van der Waals surface area (Å²) in [7, 11) is 0. The number of anilines is 1. The lowest BCUT2D eigenvalue weighted by atomic mass is 9.93. The first-order valence-corrected chi connectivity index (χ1v) is 11.8. The summed E-state index contributed by atoms with van der Waals surface area (Å²) in [5.74, 6) is 0.956. The molecule has 0 aliphatic carbocycles. The second-order valence-corrected chi connectivity index (χ2v) is 10.1. The SMILES string of the molecule is CCn1ncc2c1-c1cnc(N)c(c1)O[C@H](C)c1cc(C)ccc1-c1nn(C(C)(C)C)cc1C2. The van der Waals surface area contributed by atoms with Gasteiger partial charge in [-0.2, -0.15) is 10.2 Å². The molecule has 0 unspecified atom stereocenters. The van der Waals surface area contributed by atoms with Crippen LogP contribution in [0, 0.1) is 6.92 Å². The van der Waals surface area contributed by atoms with Crippen molar-refractivity contribution < 1.29 is 4.74 Å². The molecule has 1 aliphatic heterocycles. The zero-order valence-electron chi connectivity index (χ0n) is 20.8. The Morgan fingerprint density at radius 1 is 1.15 bits per heavy atom. The van der Waals surface area contributed by atoms with Gasteiger partial charge in [0.05, 0.1) is 23.1 Å². The zero-order valence-corrected chi connectivity index (χ0v) is 20.8. The lowest BCUT2D eigenvalue weighted by Crippen LogP contribution is -2.22. The maximum Gasteiger partial charge on any atom is 0.166 e. The van der Waals surface area contributed by atoms with Crippen LogP contribution in [-0.2, 0) is 18.5 Å². The van der Waals surface area contributed by atoms with Crippen LogP contribution in [-0.4, -0.2) is 24.5 Å². The minimum atomic E-state index is -0.239. The van der Waals surface area contributed by atoms with Crippen LogP contribution in [0.5, 0.6) is 5.75 Å². The second-order valence-electron chi connectivity index (χ2n) is 10.1. The molecule has 0 saturated carbocycles. The van der Waals surface area contributed by atoms with E-state index in [0.29, 0.717) is 18.0 Å². The average Bonchev–Trinajstić information content (AvgIpc) is 3.39. The van der Waals surface area contributed by atoms with Gasteiger partial charge >= 0.3 is 0 Å². The Labute approximate surface area is 200 Å². The molecule has 7 heteroatoms. The number of fused-ring (bicyclic) bond motifs is 7. The van der Waals surface area contributed by atoms with Gasteiger partial charge in [0, 0.05) is 53.2 Å². The van der Waals surface area contributed by atoms with E-state index in [2.05, 4.69) is 80.7 Å². The first-order chi connectivity index (χ1) is 16.2. The molecule has 0 amide bonds. The number of nitrogen functional groups attached to an aromatic ring is 1. The standard InChI is InChI=1S/C27H32N6O/c1-7-32-25-18(14-30-32)11-20-15-33(27(4,5)6)31-24(20)21-9-8-16(2)10-22(21)17(3)34-23-12-19(25)13-29-26(23)28/h8-10,12-15,17H,7,11H2,1-6H3,(H2,28,29)/t17-/m1/s1. The summed E-state index contributed by atoms with van der Waals surface area (Å²) in [6.07, 6.45) is 6.41. The van der Waals surface area contributed by atoms with E-state index in [4.69, 9.17) is 15.6 Å². The van der Waals surface area contributed by atoms with Gasteiger partial charge < -0.3 is 10.5 Å². The predicted octanol–water partition coefficient (Wildman–Crippen LogP) is 5.52. The Kier molecular flexibility index (Phi) is 5.23. The smallest absolute Gasteiger partial charge is 0.166 e. The molecule has 0 saturated heterocycles. The number of aromatic nitrogens is 5. The molecule has 4 heterocycles. The van der Waals surface area contributed by atoms with Crippen molar-refractivity contribution in [2.45, 2.75) is 66.2 Å². The van der Waals surface area contributed by atoms with Crippen molar-refractivity contribution in [3.63, 3.8) is 0 Å². The van der Waals surface area contributed by atoms with Gasteiger partial charge in [-0.3, -0.25) is 9.36 Å². The molecule has 0 spiro atoms. The third-order valence-corrected chi connectivity index (χ3v) is 6.43.